The summed E-state index contributed by atoms with van der Waals surface area (Å²) < 4.78 is 17.0. The van der Waals surface area contributed by atoms with Crippen LogP contribution in [0.4, 0.5) is 10.1 Å². The zero-order valence-electron chi connectivity index (χ0n) is 17.2. The lowest BCUT2D eigenvalue weighted by molar-refractivity contribution is 0.256. The predicted octanol–water partition coefficient (Wildman–Crippen LogP) is 1.73. The van der Waals surface area contributed by atoms with Gasteiger partial charge < -0.3 is 16.5 Å². The SMILES string of the molecule is Cc1c(N2CC(C(C)N)C(C)(C)C2)c(F)cn2c(=O)n(N)c(=O)c(C3CC3)c12.Cl. The molecule has 2 aromatic rings. The van der Waals surface area contributed by atoms with Gasteiger partial charge in [-0.15, -0.1) is 12.4 Å². The zero-order chi connectivity index (χ0) is 20.5. The van der Waals surface area contributed by atoms with Crippen molar-refractivity contribution >= 4 is 23.6 Å². The van der Waals surface area contributed by atoms with Gasteiger partial charge in [-0.05, 0) is 43.9 Å². The number of nitrogen functional groups attached to an aromatic ring is 1. The van der Waals surface area contributed by atoms with Crippen LogP contribution in [-0.4, -0.2) is 28.2 Å². The minimum atomic E-state index is -0.729. The van der Waals surface area contributed by atoms with Gasteiger partial charge in [0.05, 0.1) is 17.4 Å². The first-order valence-corrected chi connectivity index (χ1v) is 9.80. The van der Waals surface area contributed by atoms with Gasteiger partial charge in [-0.2, -0.15) is 4.68 Å². The van der Waals surface area contributed by atoms with Gasteiger partial charge >= 0.3 is 5.69 Å². The van der Waals surface area contributed by atoms with Crippen molar-refractivity contribution < 1.29 is 4.39 Å². The molecule has 2 fully saturated rings. The molecule has 29 heavy (non-hydrogen) atoms. The summed E-state index contributed by atoms with van der Waals surface area (Å²) in [6, 6.07) is -0.0158. The van der Waals surface area contributed by atoms with Gasteiger partial charge in [0.25, 0.3) is 5.56 Å². The molecular weight excluding hydrogens is 397 g/mol. The summed E-state index contributed by atoms with van der Waals surface area (Å²) in [7, 11) is 0. The molecule has 9 heteroatoms. The molecule has 1 saturated carbocycles. The van der Waals surface area contributed by atoms with Crippen LogP contribution in [0.1, 0.15) is 50.7 Å². The Hall–Kier alpha value is -2.06. The van der Waals surface area contributed by atoms with Gasteiger partial charge in [0.15, 0.2) is 5.82 Å². The van der Waals surface area contributed by atoms with E-state index in [9.17, 15) is 9.59 Å². The van der Waals surface area contributed by atoms with Crippen LogP contribution in [0.15, 0.2) is 15.8 Å². The third-order valence-corrected chi connectivity index (χ3v) is 6.49. The highest BCUT2D eigenvalue weighted by molar-refractivity contribution is 5.85. The second-order valence-corrected chi connectivity index (χ2v) is 9.15. The normalized spacial score (nSPS) is 22.0. The van der Waals surface area contributed by atoms with Crippen molar-refractivity contribution in [3.63, 3.8) is 0 Å². The Labute approximate surface area is 174 Å². The summed E-state index contributed by atoms with van der Waals surface area (Å²) in [5.41, 5.74) is 6.98. The summed E-state index contributed by atoms with van der Waals surface area (Å²) >= 11 is 0. The number of aromatic nitrogens is 2. The van der Waals surface area contributed by atoms with E-state index in [4.69, 9.17) is 11.6 Å². The second kappa shape index (κ2) is 7.02. The van der Waals surface area contributed by atoms with E-state index in [1.54, 1.807) is 6.92 Å². The maximum atomic E-state index is 15.2. The zero-order valence-corrected chi connectivity index (χ0v) is 18.1. The Kier molecular flexibility index (Phi) is 5.24. The van der Waals surface area contributed by atoms with E-state index in [1.165, 1.54) is 10.6 Å². The molecule has 1 saturated heterocycles. The summed E-state index contributed by atoms with van der Waals surface area (Å²) in [5.74, 6) is 5.48. The fraction of sp³-hybridized carbons (Fsp3) is 0.600. The number of hydrogen-bond acceptors (Lipinski definition) is 5. The van der Waals surface area contributed by atoms with Crippen LogP contribution in [-0.2, 0) is 0 Å². The van der Waals surface area contributed by atoms with Crippen molar-refractivity contribution in [2.24, 2.45) is 17.1 Å². The van der Waals surface area contributed by atoms with Crippen LogP contribution < -0.4 is 27.7 Å². The van der Waals surface area contributed by atoms with E-state index < -0.39 is 17.1 Å². The van der Waals surface area contributed by atoms with Crippen LogP contribution in [0.25, 0.3) is 5.52 Å². The molecule has 160 valence electrons. The highest BCUT2D eigenvalue weighted by Crippen LogP contribution is 2.44. The van der Waals surface area contributed by atoms with E-state index in [-0.39, 0.29) is 35.7 Å². The third kappa shape index (κ3) is 3.22. The number of fused-ring (bicyclic) bond motifs is 1. The average molecular weight is 426 g/mol. The fourth-order valence-corrected chi connectivity index (χ4v) is 4.96. The first-order chi connectivity index (χ1) is 13.0. The molecule has 4 rings (SSSR count). The quantitative estimate of drug-likeness (QED) is 0.729. The molecule has 2 aliphatic rings. The molecule has 4 N–H and O–H groups in total. The first kappa shape index (κ1) is 21.6. The van der Waals surface area contributed by atoms with Crippen molar-refractivity contribution in [3.8, 4) is 0 Å². The minimum Gasteiger partial charge on any atom is -0.368 e. The van der Waals surface area contributed by atoms with Crippen LogP contribution in [0.5, 0.6) is 0 Å². The van der Waals surface area contributed by atoms with E-state index in [1.807, 2.05) is 11.8 Å². The molecule has 3 heterocycles. The van der Waals surface area contributed by atoms with Gasteiger partial charge in [-0.3, -0.25) is 9.20 Å². The molecule has 2 atom stereocenters. The molecule has 0 radical (unpaired) electrons. The highest BCUT2D eigenvalue weighted by atomic mass is 35.5. The number of anilines is 1. The van der Waals surface area contributed by atoms with Gasteiger partial charge in [0, 0.05) is 30.3 Å². The lowest BCUT2D eigenvalue weighted by Crippen LogP contribution is -2.44. The molecule has 0 aromatic carbocycles. The molecular formula is C20H29ClFN5O2. The van der Waals surface area contributed by atoms with Crippen LogP contribution in [0.3, 0.4) is 0 Å². The molecule has 0 bridgehead atoms. The van der Waals surface area contributed by atoms with Crippen molar-refractivity contribution in [2.75, 3.05) is 23.8 Å². The number of nitrogens with two attached hydrogens (primary N) is 2. The van der Waals surface area contributed by atoms with E-state index in [2.05, 4.69) is 13.8 Å². The van der Waals surface area contributed by atoms with Gasteiger partial charge in [0.1, 0.15) is 0 Å². The molecule has 0 amide bonds. The number of pyridine rings is 1. The Morgan fingerprint density at radius 3 is 2.41 bits per heavy atom. The number of nitrogens with zero attached hydrogens (tertiary/aromatic N) is 3. The van der Waals surface area contributed by atoms with Crippen molar-refractivity contribution in [3.05, 3.63) is 44.0 Å². The standard InChI is InChI=1S/C20H28FN5O2.ClH/c1-10-16(24-7-13(11(2)22)20(3,4)9-24)14(21)8-25-17(10)15(12-5-6-12)18(27)26(23)19(25)28;/h8,11-13H,5-7,9,22-23H2,1-4H3;1H. The van der Waals surface area contributed by atoms with Gasteiger partial charge in [0.2, 0.25) is 0 Å². The lowest BCUT2D eigenvalue weighted by Gasteiger charge is -2.28. The maximum absolute atomic E-state index is 15.2. The molecule has 0 spiro atoms. The van der Waals surface area contributed by atoms with E-state index >= 15 is 4.39 Å². The van der Waals surface area contributed by atoms with Gasteiger partial charge in [-0.25, -0.2) is 9.18 Å². The maximum Gasteiger partial charge on any atom is 0.354 e. The number of halogens is 2. The monoisotopic (exact) mass is 425 g/mol. The highest BCUT2D eigenvalue weighted by Gasteiger charge is 2.42. The minimum absolute atomic E-state index is 0. The molecule has 1 aliphatic heterocycles. The topological polar surface area (TPSA) is 98.8 Å². The Morgan fingerprint density at radius 1 is 1.28 bits per heavy atom. The lowest BCUT2D eigenvalue weighted by atomic mass is 9.78. The van der Waals surface area contributed by atoms with Gasteiger partial charge in [-0.1, -0.05) is 13.8 Å². The van der Waals surface area contributed by atoms with Crippen molar-refractivity contribution in [1.82, 2.24) is 9.08 Å². The summed E-state index contributed by atoms with van der Waals surface area (Å²) in [4.78, 5) is 27.2. The predicted molar refractivity (Wildman–Crippen MR) is 115 cm³/mol. The Morgan fingerprint density at radius 2 is 1.90 bits per heavy atom. The molecule has 2 unspecified atom stereocenters. The molecule has 7 nitrogen and oxygen atoms in total. The fourth-order valence-electron chi connectivity index (χ4n) is 4.96. The van der Waals surface area contributed by atoms with Crippen LogP contribution >= 0.6 is 12.4 Å². The Bertz CT molecular complexity index is 1090. The van der Waals surface area contributed by atoms with Crippen LogP contribution in [0, 0.1) is 24.1 Å². The van der Waals surface area contributed by atoms with E-state index in [0.29, 0.717) is 40.1 Å². The molecule has 2 aromatic heterocycles. The number of rotatable bonds is 3. The smallest absolute Gasteiger partial charge is 0.354 e. The number of hydrogen-bond donors (Lipinski definition) is 2. The van der Waals surface area contributed by atoms with Crippen LogP contribution in [0.2, 0.25) is 0 Å². The summed E-state index contributed by atoms with van der Waals surface area (Å²) in [5, 5.41) is 0. The summed E-state index contributed by atoms with van der Waals surface area (Å²) in [6.07, 6.45) is 2.92. The second-order valence-electron chi connectivity index (χ2n) is 9.15. The average Bonchev–Trinajstić information content (AvgIpc) is 3.37. The first-order valence-electron chi connectivity index (χ1n) is 9.80. The van der Waals surface area contributed by atoms with Crippen molar-refractivity contribution in [1.29, 1.82) is 0 Å². The summed E-state index contributed by atoms with van der Waals surface area (Å²) in [6.45, 7) is 9.34. The van der Waals surface area contributed by atoms with Crippen molar-refractivity contribution in [2.45, 2.75) is 52.5 Å². The third-order valence-electron chi connectivity index (χ3n) is 6.49. The molecule has 1 aliphatic carbocycles. The Balaban J connectivity index is 0.00000240. The largest absolute Gasteiger partial charge is 0.368 e. The van der Waals surface area contributed by atoms with E-state index in [0.717, 1.165) is 12.8 Å². The number of aryl methyl sites for hydroxylation is 1.